The van der Waals surface area contributed by atoms with Crippen LogP contribution in [0.1, 0.15) is 29.3 Å². The molecule has 0 aliphatic carbocycles. The molecule has 8 nitrogen and oxygen atoms in total. The van der Waals surface area contributed by atoms with Crippen molar-refractivity contribution in [1.82, 2.24) is 5.32 Å². The van der Waals surface area contributed by atoms with Gasteiger partial charge in [-0.05, 0) is 37.3 Å². The predicted octanol–water partition coefficient (Wildman–Crippen LogP) is 2.86. The number of fused-ring (bicyclic) bond motifs is 1. The number of amides is 1. The fraction of sp³-hybridized carbons (Fsp3) is 0.348. The zero-order valence-electron chi connectivity index (χ0n) is 17.7. The van der Waals surface area contributed by atoms with E-state index in [1.54, 1.807) is 18.2 Å². The number of carbonyl (C=O) groups is 3. The molecule has 1 N–H and O–H groups in total. The summed E-state index contributed by atoms with van der Waals surface area (Å²) >= 11 is 1.49. The number of benzene rings is 2. The molecule has 2 heterocycles. The van der Waals surface area contributed by atoms with Gasteiger partial charge < -0.3 is 24.3 Å². The van der Waals surface area contributed by atoms with Gasteiger partial charge in [-0.2, -0.15) is 0 Å². The Morgan fingerprint density at radius 1 is 1.12 bits per heavy atom. The number of carbonyl (C=O) groups excluding carboxylic acids is 3. The monoisotopic (exact) mass is 457 g/mol. The molecule has 2 aromatic carbocycles. The van der Waals surface area contributed by atoms with E-state index in [1.165, 1.54) is 18.7 Å². The van der Waals surface area contributed by atoms with Crippen molar-refractivity contribution in [1.29, 1.82) is 0 Å². The molecule has 3 atom stereocenters. The molecule has 32 heavy (non-hydrogen) atoms. The van der Waals surface area contributed by atoms with Crippen molar-refractivity contribution in [2.24, 2.45) is 0 Å². The Balaban J connectivity index is 1.45. The smallest absolute Gasteiger partial charge is 0.302 e. The molecular formula is C23H23NO7S. The summed E-state index contributed by atoms with van der Waals surface area (Å²) in [4.78, 5) is 37.8. The zero-order valence-corrected chi connectivity index (χ0v) is 18.5. The van der Waals surface area contributed by atoms with Crippen LogP contribution in [0.15, 0.2) is 47.4 Å². The Morgan fingerprint density at radius 3 is 2.62 bits per heavy atom. The highest BCUT2D eigenvalue weighted by Crippen LogP contribution is 2.34. The minimum Gasteiger partial charge on any atom is -0.463 e. The lowest BCUT2D eigenvalue weighted by atomic mass is 10.1. The number of thioether (sulfide) groups is 1. The molecule has 0 spiro atoms. The Kier molecular flexibility index (Phi) is 6.66. The Labute approximate surface area is 189 Å². The van der Waals surface area contributed by atoms with E-state index in [1.807, 2.05) is 31.2 Å². The number of ketones is 1. The van der Waals surface area contributed by atoms with Gasteiger partial charge in [0, 0.05) is 29.1 Å². The highest BCUT2D eigenvalue weighted by Gasteiger charge is 2.39. The molecule has 1 unspecified atom stereocenters. The molecule has 0 bridgehead atoms. The van der Waals surface area contributed by atoms with Crippen molar-refractivity contribution in [3.8, 4) is 11.5 Å². The summed E-state index contributed by atoms with van der Waals surface area (Å²) in [6.45, 7) is 3.40. The number of aryl methyl sites for hydroxylation is 1. The van der Waals surface area contributed by atoms with Crippen LogP contribution in [0.5, 0.6) is 11.5 Å². The second-order valence-corrected chi connectivity index (χ2v) is 8.85. The maximum absolute atomic E-state index is 12.8. The molecule has 4 rings (SSSR count). The molecular weight excluding hydrogens is 434 g/mol. The average Bonchev–Trinajstić information content (AvgIpc) is 3.24. The van der Waals surface area contributed by atoms with E-state index in [9.17, 15) is 14.4 Å². The van der Waals surface area contributed by atoms with Crippen LogP contribution in [0.2, 0.25) is 0 Å². The number of Topliss-reactive ketones (excluding diaryl/α,β-unsaturated/α-hetero) is 1. The van der Waals surface area contributed by atoms with Crippen molar-refractivity contribution < 1.29 is 33.3 Å². The molecule has 1 saturated heterocycles. The minimum absolute atomic E-state index is 0.0114. The first kappa shape index (κ1) is 22.2. The summed E-state index contributed by atoms with van der Waals surface area (Å²) in [6, 6.07) is 12.7. The number of ether oxygens (including phenoxy) is 4. The van der Waals surface area contributed by atoms with Gasteiger partial charge in [-0.25, -0.2) is 0 Å². The Morgan fingerprint density at radius 2 is 1.88 bits per heavy atom. The summed E-state index contributed by atoms with van der Waals surface area (Å²) < 4.78 is 21.6. The van der Waals surface area contributed by atoms with Crippen LogP contribution in [-0.4, -0.2) is 48.6 Å². The van der Waals surface area contributed by atoms with Crippen LogP contribution in [-0.2, 0) is 19.1 Å². The summed E-state index contributed by atoms with van der Waals surface area (Å²) in [6.07, 6.45) is -1.54. The first-order chi connectivity index (χ1) is 15.4. The summed E-state index contributed by atoms with van der Waals surface area (Å²) in [5.41, 5.74) is 1.45. The van der Waals surface area contributed by atoms with E-state index in [-0.39, 0.29) is 30.9 Å². The number of hydrogen-bond acceptors (Lipinski definition) is 8. The van der Waals surface area contributed by atoms with Crippen LogP contribution < -0.4 is 14.8 Å². The average molecular weight is 458 g/mol. The summed E-state index contributed by atoms with van der Waals surface area (Å²) in [5, 5.41) is 2.37. The Hall–Kier alpha value is -3.04. The SMILES string of the molecule is CC(=O)OC[C@H]1O[C@@H](NC(=O)c2ccc3c(c2)OCO3)C(=O)CC1Sc1ccc(C)cc1. The molecule has 9 heteroatoms. The van der Waals surface area contributed by atoms with Gasteiger partial charge >= 0.3 is 5.97 Å². The van der Waals surface area contributed by atoms with Crippen LogP contribution in [0.25, 0.3) is 0 Å². The van der Waals surface area contributed by atoms with Crippen molar-refractivity contribution >= 4 is 29.4 Å². The molecule has 0 aromatic heterocycles. The maximum atomic E-state index is 12.8. The fourth-order valence-corrected chi connectivity index (χ4v) is 4.57. The van der Waals surface area contributed by atoms with Gasteiger partial charge in [0.25, 0.3) is 5.91 Å². The molecule has 0 radical (unpaired) electrons. The second kappa shape index (κ2) is 9.62. The van der Waals surface area contributed by atoms with E-state index in [0.29, 0.717) is 17.1 Å². The standard InChI is InChI=1S/C23H23NO7S/c1-13-3-6-16(7-4-13)32-21-10-17(26)23(31-20(21)11-28-14(2)25)24-22(27)15-5-8-18-19(9-15)30-12-29-18/h3-9,20-21,23H,10-12H2,1-2H3,(H,24,27)/t20-,21?,23-/m1/s1. The topological polar surface area (TPSA) is 100 Å². The van der Waals surface area contributed by atoms with Gasteiger partial charge in [-0.15, -0.1) is 11.8 Å². The highest BCUT2D eigenvalue weighted by atomic mass is 32.2. The minimum atomic E-state index is -1.14. The third-order valence-electron chi connectivity index (χ3n) is 5.08. The van der Waals surface area contributed by atoms with Crippen LogP contribution >= 0.6 is 11.8 Å². The van der Waals surface area contributed by atoms with Gasteiger partial charge in [-0.3, -0.25) is 14.4 Å². The summed E-state index contributed by atoms with van der Waals surface area (Å²) in [5.74, 6) is -0.134. The zero-order chi connectivity index (χ0) is 22.7. The van der Waals surface area contributed by atoms with Crippen molar-refractivity contribution in [3.63, 3.8) is 0 Å². The van der Waals surface area contributed by atoms with Crippen molar-refractivity contribution in [3.05, 3.63) is 53.6 Å². The fourth-order valence-electron chi connectivity index (χ4n) is 3.39. The maximum Gasteiger partial charge on any atom is 0.302 e. The largest absolute Gasteiger partial charge is 0.463 e. The normalized spacial score (nSPS) is 21.8. The highest BCUT2D eigenvalue weighted by molar-refractivity contribution is 8.00. The van der Waals surface area contributed by atoms with E-state index in [0.717, 1.165) is 10.5 Å². The molecule has 1 fully saturated rings. The second-order valence-electron chi connectivity index (χ2n) is 7.54. The van der Waals surface area contributed by atoms with E-state index >= 15 is 0 Å². The van der Waals surface area contributed by atoms with Gasteiger partial charge in [-0.1, -0.05) is 17.7 Å². The van der Waals surface area contributed by atoms with Crippen molar-refractivity contribution in [2.75, 3.05) is 13.4 Å². The van der Waals surface area contributed by atoms with E-state index in [2.05, 4.69) is 5.32 Å². The molecule has 2 aliphatic heterocycles. The third kappa shape index (κ3) is 5.23. The van der Waals surface area contributed by atoms with E-state index < -0.39 is 24.2 Å². The Bertz CT molecular complexity index is 1020. The first-order valence-corrected chi connectivity index (χ1v) is 11.0. The van der Waals surface area contributed by atoms with Crippen molar-refractivity contribution in [2.45, 2.75) is 42.7 Å². The molecule has 168 valence electrons. The molecule has 2 aliphatic rings. The first-order valence-electron chi connectivity index (χ1n) is 10.1. The number of nitrogens with one attached hydrogen (secondary N) is 1. The number of esters is 1. The van der Waals surface area contributed by atoms with Gasteiger partial charge in [0.05, 0.1) is 0 Å². The van der Waals surface area contributed by atoms with Gasteiger partial charge in [0.15, 0.2) is 23.5 Å². The molecule has 2 aromatic rings. The predicted molar refractivity (Wildman–Crippen MR) is 116 cm³/mol. The molecule has 0 saturated carbocycles. The van der Waals surface area contributed by atoms with Crippen LogP contribution in [0, 0.1) is 6.92 Å². The van der Waals surface area contributed by atoms with Crippen LogP contribution in [0.3, 0.4) is 0 Å². The lowest BCUT2D eigenvalue weighted by Crippen LogP contribution is -2.53. The third-order valence-corrected chi connectivity index (χ3v) is 6.39. The number of hydrogen-bond donors (Lipinski definition) is 1. The quantitative estimate of drug-likeness (QED) is 0.661. The van der Waals surface area contributed by atoms with E-state index in [4.69, 9.17) is 18.9 Å². The van der Waals surface area contributed by atoms with Gasteiger partial charge in [0.2, 0.25) is 6.79 Å². The number of rotatable bonds is 6. The summed E-state index contributed by atoms with van der Waals surface area (Å²) in [7, 11) is 0. The van der Waals surface area contributed by atoms with Crippen LogP contribution in [0.4, 0.5) is 0 Å². The lowest BCUT2D eigenvalue weighted by Gasteiger charge is -2.35. The lowest BCUT2D eigenvalue weighted by molar-refractivity contribution is -0.156. The van der Waals surface area contributed by atoms with Gasteiger partial charge in [0.1, 0.15) is 12.7 Å². The molecule has 1 amide bonds.